The molecule has 114 valence electrons. The van der Waals surface area contributed by atoms with Crippen LogP contribution in [0.25, 0.3) is 0 Å². The van der Waals surface area contributed by atoms with E-state index in [0.29, 0.717) is 6.42 Å². The van der Waals surface area contributed by atoms with Crippen molar-refractivity contribution < 1.29 is 8.78 Å². The van der Waals surface area contributed by atoms with E-state index in [-0.39, 0.29) is 10.0 Å². The highest BCUT2D eigenvalue weighted by Gasteiger charge is 2.18. The van der Waals surface area contributed by atoms with Gasteiger partial charge in [0.25, 0.3) is 0 Å². The van der Waals surface area contributed by atoms with Crippen molar-refractivity contribution in [3.63, 3.8) is 0 Å². The molecular formula is C16H24BrF2N. The number of halogens is 3. The Bertz CT molecular complexity index is 410. The molecule has 0 saturated carbocycles. The van der Waals surface area contributed by atoms with E-state index in [1.165, 1.54) is 44.2 Å². The highest BCUT2D eigenvalue weighted by Crippen LogP contribution is 2.28. The summed E-state index contributed by atoms with van der Waals surface area (Å²) < 4.78 is 27.8. The fourth-order valence-electron chi connectivity index (χ4n) is 2.35. The maximum atomic E-state index is 13.9. The summed E-state index contributed by atoms with van der Waals surface area (Å²) in [6, 6.07) is 2.06. The molecule has 1 aromatic rings. The van der Waals surface area contributed by atoms with Crippen LogP contribution in [0, 0.1) is 11.6 Å². The number of rotatable bonds is 9. The Balaban J connectivity index is 2.36. The van der Waals surface area contributed by atoms with Crippen molar-refractivity contribution in [1.82, 2.24) is 0 Å². The van der Waals surface area contributed by atoms with Crippen molar-refractivity contribution in [2.45, 2.75) is 64.3 Å². The Morgan fingerprint density at radius 3 is 2.30 bits per heavy atom. The Hall–Kier alpha value is -0.480. The van der Waals surface area contributed by atoms with E-state index >= 15 is 0 Å². The van der Waals surface area contributed by atoms with Gasteiger partial charge in [0.1, 0.15) is 11.6 Å². The van der Waals surface area contributed by atoms with E-state index in [0.717, 1.165) is 12.8 Å². The molecule has 0 aliphatic heterocycles. The minimum Gasteiger partial charge on any atom is -0.324 e. The van der Waals surface area contributed by atoms with Crippen LogP contribution in [-0.2, 0) is 0 Å². The second-order valence-corrected chi connectivity index (χ2v) is 6.13. The van der Waals surface area contributed by atoms with E-state index in [4.69, 9.17) is 5.73 Å². The molecule has 0 amide bonds. The van der Waals surface area contributed by atoms with Crippen molar-refractivity contribution in [3.8, 4) is 0 Å². The summed E-state index contributed by atoms with van der Waals surface area (Å²) in [6.45, 7) is 2.19. The summed E-state index contributed by atoms with van der Waals surface area (Å²) in [7, 11) is 0. The number of nitrogens with two attached hydrogens (primary N) is 1. The minimum absolute atomic E-state index is 0.00496. The van der Waals surface area contributed by atoms with Crippen molar-refractivity contribution in [2.75, 3.05) is 0 Å². The van der Waals surface area contributed by atoms with Crippen molar-refractivity contribution >= 4 is 15.9 Å². The molecular weight excluding hydrogens is 324 g/mol. The zero-order chi connectivity index (χ0) is 15.0. The lowest BCUT2D eigenvalue weighted by molar-refractivity contribution is 0.488. The second kappa shape index (κ2) is 9.46. The molecule has 0 aromatic heterocycles. The molecule has 0 aliphatic rings. The molecule has 20 heavy (non-hydrogen) atoms. The van der Waals surface area contributed by atoms with E-state index < -0.39 is 17.7 Å². The van der Waals surface area contributed by atoms with Gasteiger partial charge in [0, 0.05) is 11.6 Å². The minimum atomic E-state index is -0.569. The molecule has 2 N–H and O–H groups in total. The van der Waals surface area contributed by atoms with Crippen molar-refractivity contribution in [2.24, 2.45) is 5.73 Å². The van der Waals surface area contributed by atoms with Crippen LogP contribution in [0.3, 0.4) is 0 Å². The van der Waals surface area contributed by atoms with Gasteiger partial charge in [0.15, 0.2) is 0 Å². The smallest absolute Gasteiger partial charge is 0.145 e. The average molecular weight is 348 g/mol. The lowest BCUT2D eigenvalue weighted by atomic mass is 9.99. The zero-order valence-corrected chi connectivity index (χ0v) is 13.7. The molecule has 0 bridgehead atoms. The van der Waals surface area contributed by atoms with Crippen LogP contribution in [0.2, 0.25) is 0 Å². The maximum absolute atomic E-state index is 13.9. The van der Waals surface area contributed by atoms with E-state index in [1.54, 1.807) is 0 Å². The van der Waals surface area contributed by atoms with Crippen molar-refractivity contribution in [3.05, 3.63) is 33.8 Å². The first kappa shape index (κ1) is 17.6. The highest BCUT2D eigenvalue weighted by molar-refractivity contribution is 9.10. The van der Waals surface area contributed by atoms with Gasteiger partial charge in [0.05, 0.1) is 4.47 Å². The summed E-state index contributed by atoms with van der Waals surface area (Å²) in [5.74, 6) is -1.12. The third-order valence-electron chi connectivity index (χ3n) is 3.57. The quantitative estimate of drug-likeness (QED) is 0.438. The molecule has 0 spiro atoms. The Morgan fingerprint density at radius 2 is 1.65 bits per heavy atom. The summed E-state index contributed by atoms with van der Waals surface area (Å²) in [4.78, 5) is 0. The topological polar surface area (TPSA) is 26.0 Å². The molecule has 1 rings (SSSR count). The lowest BCUT2D eigenvalue weighted by Crippen LogP contribution is -2.14. The Kier molecular flexibility index (Phi) is 8.31. The molecule has 1 nitrogen and oxygen atoms in total. The van der Waals surface area contributed by atoms with E-state index in [2.05, 4.69) is 22.9 Å². The van der Waals surface area contributed by atoms with Crippen LogP contribution in [-0.4, -0.2) is 0 Å². The van der Waals surface area contributed by atoms with Crippen LogP contribution >= 0.6 is 15.9 Å². The fraction of sp³-hybridized carbons (Fsp3) is 0.625. The monoisotopic (exact) mass is 347 g/mol. The summed E-state index contributed by atoms with van der Waals surface area (Å²) in [6.07, 6.45) is 8.84. The van der Waals surface area contributed by atoms with Gasteiger partial charge in [-0.3, -0.25) is 0 Å². The molecule has 4 heteroatoms. The second-order valence-electron chi connectivity index (χ2n) is 5.27. The SMILES string of the molecule is CCCCCCCCCC(N)c1c(F)ccc(Br)c1F. The summed E-state index contributed by atoms with van der Waals surface area (Å²) >= 11 is 3.07. The van der Waals surface area contributed by atoms with Gasteiger partial charge in [-0.2, -0.15) is 0 Å². The fourth-order valence-corrected chi connectivity index (χ4v) is 2.69. The first-order chi connectivity index (χ1) is 9.57. The van der Waals surface area contributed by atoms with Gasteiger partial charge in [-0.25, -0.2) is 8.78 Å². The first-order valence-electron chi connectivity index (χ1n) is 7.46. The molecule has 1 atom stereocenters. The van der Waals surface area contributed by atoms with Gasteiger partial charge in [0.2, 0.25) is 0 Å². The van der Waals surface area contributed by atoms with E-state index in [9.17, 15) is 8.78 Å². The van der Waals surface area contributed by atoms with Gasteiger partial charge in [-0.05, 0) is 34.5 Å². The molecule has 1 aromatic carbocycles. The van der Waals surface area contributed by atoms with Crippen LogP contribution in [0.5, 0.6) is 0 Å². The lowest BCUT2D eigenvalue weighted by Gasteiger charge is -2.14. The predicted octanol–water partition coefficient (Wildman–Crippen LogP) is 5.87. The first-order valence-corrected chi connectivity index (χ1v) is 8.26. The summed E-state index contributed by atoms with van der Waals surface area (Å²) in [5.41, 5.74) is 5.93. The molecule has 0 radical (unpaired) electrons. The average Bonchev–Trinajstić information content (AvgIpc) is 2.42. The Labute approximate surface area is 129 Å². The number of hydrogen-bond donors (Lipinski definition) is 1. The van der Waals surface area contributed by atoms with Crippen LogP contribution in [0.4, 0.5) is 8.78 Å². The third kappa shape index (κ3) is 5.49. The van der Waals surface area contributed by atoms with Crippen molar-refractivity contribution in [1.29, 1.82) is 0 Å². The maximum Gasteiger partial charge on any atom is 0.145 e. The summed E-state index contributed by atoms with van der Waals surface area (Å²) in [5, 5.41) is 0. The van der Waals surface area contributed by atoms with Crippen LogP contribution in [0.1, 0.15) is 69.9 Å². The standard InChI is InChI=1S/C16H24BrF2N/c1-2-3-4-5-6-7-8-9-14(20)15-13(18)11-10-12(17)16(15)19/h10-11,14H,2-9,20H2,1H3. The number of unbranched alkanes of at least 4 members (excludes halogenated alkanes) is 6. The highest BCUT2D eigenvalue weighted by atomic mass is 79.9. The van der Waals surface area contributed by atoms with Gasteiger partial charge in [-0.15, -0.1) is 0 Å². The number of benzene rings is 1. The molecule has 0 fully saturated rings. The third-order valence-corrected chi connectivity index (χ3v) is 4.18. The molecule has 1 unspecified atom stereocenters. The predicted molar refractivity (Wildman–Crippen MR) is 83.6 cm³/mol. The van der Waals surface area contributed by atoms with Gasteiger partial charge < -0.3 is 5.73 Å². The zero-order valence-electron chi connectivity index (χ0n) is 12.1. The van der Waals surface area contributed by atoms with E-state index in [1.807, 2.05) is 0 Å². The Morgan fingerprint density at radius 1 is 1.05 bits per heavy atom. The largest absolute Gasteiger partial charge is 0.324 e. The van der Waals surface area contributed by atoms with Gasteiger partial charge >= 0.3 is 0 Å². The molecule has 0 saturated heterocycles. The van der Waals surface area contributed by atoms with Crippen LogP contribution in [0.15, 0.2) is 16.6 Å². The normalized spacial score (nSPS) is 12.7. The molecule has 0 heterocycles. The molecule has 0 aliphatic carbocycles. The van der Waals surface area contributed by atoms with Crippen LogP contribution < -0.4 is 5.73 Å². The van der Waals surface area contributed by atoms with Gasteiger partial charge in [-0.1, -0.05) is 51.9 Å². The number of hydrogen-bond acceptors (Lipinski definition) is 1.